The van der Waals surface area contributed by atoms with Gasteiger partial charge >= 0.3 is 0 Å². The Morgan fingerprint density at radius 2 is 2.05 bits per heavy atom. The van der Waals surface area contributed by atoms with Crippen molar-refractivity contribution in [3.05, 3.63) is 63.9 Å². The van der Waals surface area contributed by atoms with E-state index in [0.717, 1.165) is 15.6 Å². The Morgan fingerprint density at radius 1 is 1.32 bits per heavy atom. The summed E-state index contributed by atoms with van der Waals surface area (Å²) in [4.78, 5) is 15.7. The van der Waals surface area contributed by atoms with Gasteiger partial charge in [0.1, 0.15) is 0 Å². The number of nitrogens with one attached hydrogen (secondary N) is 1. The smallest absolute Gasteiger partial charge is 0.267 e. The van der Waals surface area contributed by atoms with Crippen LogP contribution in [0, 0.1) is 6.92 Å². The summed E-state index contributed by atoms with van der Waals surface area (Å²) in [5.74, 6) is -0.244. The second-order valence-corrected chi connectivity index (χ2v) is 4.80. The van der Waals surface area contributed by atoms with Crippen molar-refractivity contribution >= 4 is 28.1 Å². The molecule has 1 N–H and O–H groups in total. The van der Waals surface area contributed by atoms with Gasteiger partial charge in [-0.25, -0.2) is 5.43 Å². The maximum Gasteiger partial charge on any atom is 0.271 e. The van der Waals surface area contributed by atoms with Crippen molar-refractivity contribution in [3.63, 3.8) is 0 Å². The van der Waals surface area contributed by atoms with Crippen LogP contribution in [0.5, 0.6) is 0 Å². The number of amides is 1. The number of aryl methyl sites for hydroxylation is 1. The van der Waals surface area contributed by atoms with E-state index >= 15 is 0 Å². The molecule has 0 aliphatic heterocycles. The molecule has 0 atom stereocenters. The Hall–Kier alpha value is -2.01. The summed E-state index contributed by atoms with van der Waals surface area (Å²) in [5, 5.41) is 3.90. The number of nitrogens with zero attached hydrogens (tertiary/aromatic N) is 2. The minimum atomic E-state index is -0.244. The van der Waals surface area contributed by atoms with Crippen LogP contribution >= 0.6 is 15.9 Å². The van der Waals surface area contributed by atoms with E-state index in [9.17, 15) is 4.79 Å². The van der Waals surface area contributed by atoms with E-state index in [0.29, 0.717) is 5.56 Å². The minimum absolute atomic E-state index is 0.244. The molecule has 96 valence electrons. The van der Waals surface area contributed by atoms with Crippen LogP contribution in [0.25, 0.3) is 0 Å². The number of aromatic nitrogens is 1. The molecule has 0 saturated carbocycles. The lowest BCUT2D eigenvalue weighted by Crippen LogP contribution is -2.17. The first-order chi connectivity index (χ1) is 9.16. The van der Waals surface area contributed by atoms with Crippen LogP contribution < -0.4 is 5.43 Å². The average molecular weight is 318 g/mol. The van der Waals surface area contributed by atoms with Crippen LogP contribution in [0.1, 0.15) is 21.5 Å². The molecule has 0 bridgehead atoms. The molecule has 0 saturated heterocycles. The number of carbonyl (C=O) groups excluding carboxylic acids is 1. The van der Waals surface area contributed by atoms with Gasteiger partial charge in [-0.3, -0.25) is 9.78 Å². The van der Waals surface area contributed by atoms with Gasteiger partial charge in [-0.2, -0.15) is 5.10 Å². The maximum atomic E-state index is 11.8. The van der Waals surface area contributed by atoms with Crippen molar-refractivity contribution in [1.29, 1.82) is 0 Å². The molecule has 0 aliphatic rings. The fourth-order valence-electron chi connectivity index (χ4n) is 1.41. The molecular formula is C14H12BrN3O. The summed E-state index contributed by atoms with van der Waals surface area (Å²) in [7, 11) is 0. The summed E-state index contributed by atoms with van der Waals surface area (Å²) in [6.07, 6.45) is 4.91. The van der Waals surface area contributed by atoms with Crippen molar-refractivity contribution in [2.24, 2.45) is 5.10 Å². The van der Waals surface area contributed by atoms with Gasteiger partial charge in [0.25, 0.3) is 5.91 Å². The van der Waals surface area contributed by atoms with E-state index in [-0.39, 0.29) is 5.91 Å². The summed E-state index contributed by atoms with van der Waals surface area (Å²) < 4.78 is 0.901. The third-order valence-corrected chi connectivity index (χ3v) is 3.37. The predicted molar refractivity (Wildman–Crippen MR) is 78.2 cm³/mol. The number of carbonyl (C=O) groups is 1. The quantitative estimate of drug-likeness (QED) is 0.699. The first-order valence-corrected chi connectivity index (χ1v) is 6.46. The molecule has 0 fully saturated rings. The number of pyridine rings is 1. The standard InChI is InChI=1S/C14H12BrN3O/c1-10-2-3-12(8-13(10)15)14(19)18-17-9-11-4-6-16-7-5-11/h2-9H,1H3,(H,18,19). The number of rotatable bonds is 3. The molecule has 1 heterocycles. The Balaban J connectivity index is 2.01. The van der Waals surface area contributed by atoms with Gasteiger partial charge in [-0.1, -0.05) is 22.0 Å². The molecule has 0 unspecified atom stereocenters. The first kappa shape index (κ1) is 13.4. The Morgan fingerprint density at radius 3 is 2.74 bits per heavy atom. The van der Waals surface area contributed by atoms with Crippen molar-refractivity contribution in [2.75, 3.05) is 0 Å². The van der Waals surface area contributed by atoms with E-state index in [2.05, 4.69) is 31.4 Å². The zero-order valence-corrected chi connectivity index (χ0v) is 11.9. The zero-order chi connectivity index (χ0) is 13.7. The molecule has 1 aromatic heterocycles. The highest BCUT2D eigenvalue weighted by atomic mass is 79.9. The molecule has 2 rings (SSSR count). The van der Waals surface area contributed by atoms with Crippen molar-refractivity contribution in [2.45, 2.75) is 6.92 Å². The fourth-order valence-corrected chi connectivity index (χ4v) is 1.79. The molecule has 0 aliphatic carbocycles. The monoisotopic (exact) mass is 317 g/mol. The fraction of sp³-hybridized carbons (Fsp3) is 0.0714. The van der Waals surface area contributed by atoms with Gasteiger partial charge in [0, 0.05) is 22.4 Å². The molecule has 4 nitrogen and oxygen atoms in total. The van der Waals surface area contributed by atoms with E-state index in [1.807, 2.05) is 13.0 Å². The highest BCUT2D eigenvalue weighted by Gasteiger charge is 2.05. The molecule has 5 heteroatoms. The van der Waals surface area contributed by atoms with Crippen LogP contribution in [-0.4, -0.2) is 17.1 Å². The minimum Gasteiger partial charge on any atom is -0.267 e. The van der Waals surface area contributed by atoms with Crippen LogP contribution in [0.2, 0.25) is 0 Å². The van der Waals surface area contributed by atoms with E-state index in [4.69, 9.17) is 0 Å². The van der Waals surface area contributed by atoms with E-state index in [1.165, 1.54) is 0 Å². The molecule has 0 spiro atoms. The lowest BCUT2D eigenvalue weighted by molar-refractivity contribution is 0.0955. The summed E-state index contributed by atoms with van der Waals surface area (Å²) in [6, 6.07) is 9.02. The highest BCUT2D eigenvalue weighted by molar-refractivity contribution is 9.10. The molecule has 0 radical (unpaired) electrons. The average Bonchev–Trinajstić information content (AvgIpc) is 2.43. The normalized spacial score (nSPS) is 10.6. The van der Waals surface area contributed by atoms with Crippen molar-refractivity contribution in [3.8, 4) is 0 Å². The first-order valence-electron chi connectivity index (χ1n) is 5.66. The van der Waals surface area contributed by atoms with Crippen LogP contribution in [0.3, 0.4) is 0 Å². The molecule has 19 heavy (non-hydrogen) atoms. The van der Waals surface area contributed by atoms with E-state index < -0.39 is 0 Å². The number of hydrazone groups is 1. The van der Waals surface area contributed by atoms with Crippen LogP contribution in [0.4, 0.5) is 0 Å². The summed E-state index contributed by atoms with van der Waals surface area (Å²) in [6.45, 7) is 1.97. The van der Waals surface area contributed by atoms with Gasteiger partial charge in [0.2, 0.25) is 0 Å². The lowest BCUT2D eigenvalue weighted by Gasteiger charge is -2.02. The third-order valence-electron chi connectivity index (χ3n) is 2.52. The molecular weight excluding hydrogens is 306 g/mol. The Bertz CT molecular complexity index is 611. The number of benzene rings is 1. The lowest BCUT2D eigenvalue weighted by atomic mass is 10.1. The van der Waals surface area contributed by atoms with Crippen LogP contribution in [-0.2, 0) is 0 Å². The van der Waals surface area contributed by atoms with Gasteiger partial charge in [0.05, 0.1) is 6.21 Å². The van der Waals surface area contributed by atoms with E-state index in [1.54, 1.807) is 42.9 Å². The third kappa shape index (κ3) is 3.72. The molecule has 1 amide bonds. The number of halogens is 1. The summed E-state index contributed by atoms with van der Waals surface area (Å²) in [5.41, 5.74) is 5.00. The summed E-state index contributed by atoms with van der Waals surface area (Å²) >= 11 is 3.39. The van der Waals surface area contributed by atoms with Gasteiger partial charge in [-0.15, -0.1) is 0 Å². The highest BCUT2D eigenvalue weighted by Crippen LogP contribution is 2.17. The SMILES string of the molecule is Cc1ccc(C(=O)NN=Cc2ccncc2)cc1Br. The van der Waals surface area contributed by atoms with Gasteiger partial charge in [0.15, 0.2) is 0 Å². The van der Waals surface area contributed by atoms with Gasteiger partial charge in [-0.05, 0) is 42.3 Å². The largest absolute Gasteiger partial charge is 0.271 e. The Kier molecular flexibility index (Phi) is 4.41. The topological polar surface area (TPSA) is 54.4 Å². The maximum absolute atomic E-state index is 11.8. The second kappa shape index (κ2) is 6.24. The van der Waals surface area contributed by atoms with Crippen LogP contribution in [0.15, 0.2) is 52.3 Å². The molecule has 2 aromatic rings. The number of hydrogen-bond acceptors (Lipinski definition) is 3. The van der Waals surface area contributed by atoms with Crippen molar-refractivity contribution in [1.82, 2.24) is 10.4 Å². The van der Waals surface area contributed by atoms with Crippen molar-refractivity contribution < 1.29 is 4.79 Å². The van der Waals surface area contributed by atoms with Gasteiger partial charge < -0.3 is 0 Å². The number of hydrogen-bond donors (Lipinski definition) is 1. The Labute approximate surface area is 119 Å². The predicted octanol–water partition coefficient (Wildman–Crippen LogP) is 2.92. The molecule has 1 aromatic carbocycles. The second-order valence-electron chi connectivity index (χ2n) is 3.94. The zero-order valence-electron chi connectivity index (χ0n) is 10.3.